The fourth-order valence-electron chi connectivity index (χ4n) is 4.48. The molecule has 2 atom stereocenters. The first-order valence-electron chi connectivity index (χ1n) is 11.6. The summed E-state index contributed by atoms with van der Waals surface area (Å²) >= 11 is 0.660. The minimum absolute atomic E-state index is 0.0332. The second-order valence-electron chi connectivity index (χ2n) is 8.58. The molecule has 6 rings (SSSR count). The van der Waals surface area contributed by atoms with Crippen molar-refractivity contribution in [1.82, 2.24) is 50.1 Å². The van der Waals surface area contributed by atoms with Crippen LogP contribution >= 0.6 is 11.3 Å². The Balaban J connectivity index is 1.36. The zero-order valence-electron chi connectivity index (χ0n) is 19.5. The van der Waals surface area contributed by atoms with Crippen LogP contribution in [0.25, 0.3) is 28.4 Å². The Bertz CT molecular complexity index is 1600. The number of hydrogen-bond acceptors (Lipinski definition) is 9. The molecule has 1 saturated heterocycles. The van der Waals surface area contributed by atoms with Crippen LogP contribution in [0.3, 0.4) is 0 Å². The highest BCUT2D eigenvalue weighted by Gasteiger charge is 2.30. The zero-order chi connectivity index (χ0) is 26.2. The van der Waals surface area contributed by atoms with Crippen molar-refractivity contribution in [2.75, 3.05) is 13.1 Å². The molecule has 0 aromatic carbocycles. The third-order valence-corrected chi connectivity index (χ3v) is 7.12. The van der Waals surface area contributed by atoms with Gasteiger partial charge in [0, 0.05) is 37.6 Å². The molecule has 0 bridgehead atoms. The average molecular weight is 541 g/mol. The van der Waals surface area contributed by atoms with Crippen molar-refractivity contribution >= 4 is 28.3 Å². The third kappa shape index (κ3) is 4.50. The van der Waals surface area contributed by atoms with Gasteiger partial charge in [0.2, 0.25) is 0 Å². The summed E-state index contributed by atoms with van der Waals surface area (Å²) in [4.78, 5) is 30.9. The predicted molar refractivity (Wildman–Crippen MR) is 130 cm³/mol. The van der Waals surface area contributed by atoms with E-state index in [2.05, 4.69) is 40.8 Å². The molecule has 2 N–H and O–H groups in total. The van der Waals surface area contributed by atoms with Gasteiger partial charge in [-0.25, -0.2) is 33.1 Å². The Morgan fingerprint density at radius 1 is 1.13 bits per heavy atom. The molecule has 6 heterocycles. The first kappa shape index (κ1) is 24.1. The highest BCUT2D eigenvalue weighted by Crippen LogP contribution is 2.32. The summed E-state index contributed by atoms with van der Waals surface area (Å²) in [7, 11) is 0. The molecule has 2 unspecified atom stereocenters. The smallest absolute Gasteiger partial charge is 0.280 e. The fraction of sp³-hybridized carbons (Fsp3) is 0.261. The van der Waals surface area contributed by atoms with Crippen molar-refractivity contribution in [3.8, 4) is 17.3 Å². The van der Waals surface area contributed by atoms with Crippen LogP contribution in [0.1, 0.15) is 33.6 Å². The molecule has 1 aliphatic rings. The van der Waals surface area contributed by atoms with Gasteiger partial charge in [0.05, 0.1) is 35.0 Å². The second-order valence-corrected chi connectivity index (χ2v) is 9.64. The Morgan fingerprint density at radius 2 is 1.97 bits per heavy atom. The lowest BCUT2D eigenvalue weighted by atomic mass is 10.0. The number of halogens is 3. The summed E-state index contributed by atoms with van der Waals surface area (Å²) in [6.45, 7) is 0.961. The topological polar surface area (TPSA) is 128 Å². The van der Waals surface area contributed by atoms with E-state index in [0.29, 0.717) is 53.5 Å². The number of amides is 1. The first-order chi connectivity index (χ1) is 18.5. The summed E-state index contributed by atoms with van der Waals surface area (Å²) in [6.07, 6.45) is 4.89. The van der Waals surface area contributed by atoms with E-state index in [-0.39, 0.29) is 27.7 Å². The summed E-state index contributed by atoms with van der Waals surface area (Å²) < 4.78 is 42.6. The normalized spacial score (nSPS) is 17.8. The second kappa shape index (κ2) is 9.90. The Kier molecular flexibility index (Phi) is 6.29. The van der Waals surface area contributed by atoms with Crippen LogP contribution in [-0.2, 0) is 0 Å². The SMILES string of the molecule is O=C(NC1CNCC(n2c(-c3ncccc3F)nc3cnc(-n4nccn4)cc32)C1)c1ncc(C(F)F)s1. The summed E-state index contributed by atoms with van der Waals surface area (Å²) in [5.74, 6) is -0.301. The van der Waals surface area contributed by atoms with Crippen molar-refractivity contribution in [3.05, 3.63) is 64.9 Å². The lowest BCUT2D eigenvalue weighted by molar-refractivity contribution is 0.0924. The van der Waals surface area contributed by atoms with Crippen LogP contribution < -0.4 is 10.6 Å². The minimum atomic E-state index is -2.69. The Hall–Kier alpha value is -4.24. The molecule has 5 aromatic rings. The van der Waals surface area contributed by atoms with Crippen LogP contribution in [0.15, 0.2) is 49.2 Å². The molecule has 11 nitrogen and oxygen atoms in total. The number of hydrogen-bond donors (Lipinski definition) is 2. The number of nitrogens with one attached hydrogen (secondary N) is 2. The Morgan fingerprint density at radius 3 is 2.74 bits per heavy atom. The maximum Gasteiger partial charge on any atom is 0.280 e. The monoisotopic (exact) mass is 540 g/mol. The van der Waals surface area contributed by atoms with E-state index in [9.17, 15) is 18.0 Å². The largest absolute Gasteiger partial charge is 0.346 e. The maximum absolute atomic E-state index is 14.9. The van der Waals surface area contributed by atoms with Crippen molar-refractivity contribution in [2.45, 2.75) is 24.9 Å². The van der Waals surface area contributed by atoms with Crippen LogP contribution in [0.4, 0.5) is 13.2 Å². The van der Waals surface area contributed by atoms with Gasteiger partial charge in [-0.1, -0.05) is 0 Å². The molecule has 0 saturated carbocycles. The molecule has 1 fully saturated rings. The van der Waals surface area contributed by atoms with Gasteiger partial charge in [0.1, 0.15) is 11.2 Å². The van der Waals surface area contributed by atoms with E-state index in [1.165, 1.54) is 35.5 Å². The van der Waals surface area contributed by atoms with Crippen molar-refractivity contribution in [3.63, 3.8) is 0 Å². The standard InChI is InChI=1S/C23H19F3N10OS/c24-14-2-1-3-28-19(14)21-34-15-10-29-18(36-31-4-5-32-36)7-16(15)35(21)13-6-12(8-27-9-13)33-22(37)23-30-11-17(38-23)20(25)26/h1-5,7,10-13,20,27H,6,8-9H2,(H,33,37). The average Bonchev–Trinajstić information content (AvgIpc) is 3.69. The molecule has 0 aliphatic carbocycles. The predicted octanol–water partition coefficient (Wildman–Crippen LogP) is 2.94. The van der Waals surface area contributed by atoms with Gasteiger partial charge in [-0.05, 0) is 18.6 Å². The summed E-state index contributed by atoms with van der Waals surface area (Å²) in [5, 5.41) is 14.4. The molecule has 0 spiro atoms. The lowest BCUT2D eigenvalue weighted by Crippen LogP contribution is -2.49. The van der Waals surface area contributed by atoms with Gasteiger partial charge in [0.15, 0.2) is 22.5 Å². The lowest BCUT2D eigenvalue weighted by Gasteiger charge is -2.32. The fourth-order valence-corrected chi connectivity index (χ4v) is 5.16. The van der Waals surface area contributed by atoms with Gasteiger partial charge >= 0.3 is 0 Å². The maximum atomic E-state index is 14.9. The van der Waals surface area contributed by atoms with Gasteiger partial charge < -0.3 is 15.2 Å². The van der Waals surface area contributed by atoms with Gasteiger partial charge in [-0.3, -0.25) is 4.79 Å². The molecule has 38 heavy (non-hydrogen) atoms. The van der Waals surface area contributed by atoms with Crippen LogP contribution in [-0.4, -0.2) is 64.5 Å². The van der Waals surface area contributed by atoms with Crippen molar-refractivity contribution in [1.29, 1.82) is 0 Å². The van der Waals surface area contributed by atoms with E-state index in [0.717, 1.165) is 6.20 Å². The van der Waals surface area contributed by atoms with Crippen LogP contribution in [0.2, 0.25) is 0 Å². The minimum Gasteiger partial charge on any atom is -0.346 e. The van der Waals surface area contributed by atoms with Crippen LogP contribution in [0, 0.1) is 5.82 Å². The first-order valence-corrected chi connectivity index (χ1v) is 12.4. The highest BCUT2D eigenvalue weighted by atomic mass is 32.1. The quantitative estimate of drug-likeness (QED) is 0.337. The van der Waals surface area contributed by atoms with E-state index < -0.39 is 18.1 Å². The van der Waals surface area contributed by atoms with E-state index in [1.54, 1.807) is 12.3 Å². The number of thiazole rings is 1. The molecule has 0 radical (unpaired) electrons. The Labute approximate surface area is 216 Å². The summed E-state index contributed by atoms with van der Waals surface area (Å²) in [6, 6.07) is 3.95. The van der Waals surface area contributed by atoms with Crippen molar-refractivity contribution in [2.24, 2.45) is 0 Å². The number of piperidine rings is 1. The number of fused-ring (bicyclic) bond motifs is 1. The summed E-state index contributed by atoms with van der Waals surface area (Å²) in [5.41, 5.74) is 1.26. The van der Waals surface area contributed by atoms with E-state index in [1.807, 2.05) is 4.57 Å². The molecule has 194 valence electrons. The van der Waals surface area contributed by atoms with Gasteiger partial charge in [0.25, 0.3) is 12.3 Å². The number of carbonyl (C=O) groups excluding carboxylic acids is 1. The molecular weight excluding hydrogens is 521 g/mol. The molecule has 15 heteroatoms. The van der Waals surface area contributed by atoms with Gasteiger partial charge in [-0.15, -0.1) is 16.1 Å². The third-order valence-electron chi connectivity index (χ3n) is 6.12. The molecule has 1 amide bonds. The zero-order valence-corrected chi connectivity index (χ0v) is 20.3. The number of imidazole rings is 1. The highest BCUT2D eigenvalue weighted by molar-refractivity contribution is 7.13. The molecular formula is C23H19F3N10OS. The number of alkyl halides is 2. The van der Waals surface area contributed by atoms with Gasteiger partial charge in [-0.2, -0.15) is 10.2 Å². The van der Waals surface area contributed by atoms with Crippen LogP contribution in [0.5, 0.6) is 0 Å². The number of pyridine rings is 2. The number of carbonyl (C=O) groups is 1. The number of rotatable bonds is 6. The molecule has 1 aliphatic heterocycles. The number of aromatic nitrogens is 8. The van der Waals surface area contributed by atoms with E-state index in [4.69, 9.17) is 0 Å². The van der Waals surface area contributed by atoms with E-state index >= 15 is 0 Å². The van der Waals surface area contributed by atoms with Crippen molar-refractivity contribution < 1.29 is 18.0 Å². The molecule has 5 aromatic heterocycles. The number of nitrogens with zero attached hydrogens (tertiary/aromatic N) is 8.